The van der Waals surface area contributed by atoms with Crippen molar-refractivity contribution in [3.05, 3.63) is 107 Å². The highest BCUT2D eigenvalue weighted by molar-refractivity contribution is 5.93. The lowest BCUT2D eigenvalue weighted by Crippen LogP contribution is -2.13. The Morgan fingerprint density at radius 1 is 0.640 bits per heavy atom. The van der Waals surface area contributed by atoms with Gasteiger partial charge < -0.3 is 0 Å². The van der Waals surface area contributed by atoms with Crippen molar-refractivity contribution in [3.63, 3.8) is 0 Å². The second kappa shape index (κ2) is 7.93. The van der Waals surface area contributed by atoms with Crippen LogP contribution < -0.4 is 0 Å². The van der Waals surface area contributed by atoms with Gasteiger partial charge in [0.2, 0.25) is 0 Å². The van der Waals surface area contributed by atoms with Crippen molar-refractivity contribution >= 4 is 11.9 Å². The Kier molecular flexibility index (Phi) is 5.22. The summed E-state index contributed by atoms with van der Waals surface area (Å²) in [7, 11) is 0. The molecular formula is C21H16O4. The molecule has 0 N–H and O–H groups in total. The van der Waals surface area contributed by atoms with Crippen LogP contribution in [0.3, 0.4) is 0 Å². The van der Waals surface area contributed by atoms with E-state index in [1.165, 1.54) is 0 Å². The van der Waals surface area contributed by atoms with E-state index in [-0.39, 0.29) is 0 Å². The van der Waals surface area contributed by atoms with Crippen LogP contribution in [0, 0.1) is 0 Å². The summed E-state index contributed by atoms with van der Waals surface area (Å²) in [6.45, 7) is 0. The number of hydrogen-bond acceptors (Lipinski definition) is 4. The molecule has 0 unspecified atom stereocenters. The molecule has 0 aromatic heterocycles. The minimum Gasteiger partial charge on any atom is -0.242 e. The number of benzene rings is 3. The average molecular weight is 332 g/mol. The van der Waals surface area contributed by atoms with Gasteiger partial charge in [-0.3, -0.25) is 0 Å². The first-order valence-corrected chi connectivity index (χ1v) is 7.84. The molecule has 0 spiro atoms. The highest BCUT2D eigenvalue weighted by Crippen LogP contribution is 2.16. The zero-order valence-electron chi connectivity index (χ0n) is 13.4. The molecule has 3 aromatic rings. The molecule has 0 heterocycles. The Morgan fingerprint density at radius 3 is 1.92 bits per heavy atom. The second-order valence-corrected chi connectivity index (χ2v) is 5.43. The third-order valence-electron chi connectivity index (χ3n) is 3.68. The SMILES string of the molecule is O=C(OOC(=O)c1ccccc1Cc1ccccc1)c1ccccc1. The predicted molar refractivity (Wildman–Crippen MR) is 93.0 cm³/mol. The molecule has 0 aliphatic carbocycles. The summed E-state index contributed by atoms with van der Waals surface area (Å²) >= 11 is 0. The van der Waals surface area contributed by atoms with Crippen LogP contribution in [-0.2, 0) is 16.2 Å². The van der Waals surface area contributed by atoms with Crippen molar-refractivity contribution in [3.8, 4) is 0 Å². The molecule has 0 saturated carbocycles. The molecular weight excluding hydrogens is 316 g/mol. The van der Waals surface area contributed by atoms with Crippen molar-refractivity contribution in [2.75, 3.05) is 0 Å². The molecule has 0 aliphatic heterocycles. The molecule has 124 valence electrons. The molecule has 25 heavy (non-hydrogen) atoms. The maximum atomic E-state index is 12.3. The van der Waals surface area contributed by atoms with E-state index in [0.29, 0.717) is 17.5 Å². The summed E-state index contributed by atoms with van der Waals surface area (Å²) in [5.41, 5.74) is 2.55. The average Bonchev–Trinajstić information content (AvgIpc) is 2.68. The standard InChI is InChI=1S/C21H16O4/c22-20(17-11-5-2-6-12-17)24-25-21(23)19-14-8-7-13-18(19)15-16-9-3-1-4-10-16/h1-14H,15H2. The van der Waals surface area contributed by atoms with Crippen molar-refractivity contribution in [1.82, 2.24) is 0 Å². The molecule has 0 bridgehead atoms. The third-order valence-corrected chi connectivity index (χ3v) is 3.68. The fraction of sp³-hybridized carbons (Fsp3) is 0.0476. The lowest BCUT2D eigenvalue weighted by molar-refractivity contribution is -0.187. The number of hydrogen-bond donors (Lipinski definition) is 0. The highest BCUT2D eigenvalue weighted by Gasteiger charge is 2.17. The van der Waals surface area contributed by atoms with Crippen LogP contribution in [0.5, 0.6) is 0 Å². The molecule has 0 saturated heterocycles. The molecule has 3 aromatic carbocycles. The molecule has 0 radical (unpaired) electrons. The molecule has 0 atom stereocenters. The first-order valence-electron chi connectivity index (χ1n) is 7.84. The van der Waals surface area contributed by atoms with E-state index in [2.05, 4.69) is 4.89 Å². The van der Waals surface area contributed by atoms with Gasteiger partial charge in [-0.2, -0.15) is 0 Å². The van der Waals surface area contributed by atoms with Gasteiger partial charge >= 0.3 is 11.9 Å². The predicted octanol–water partition coefficient (Wildman–Crippen LogP) is 4.21. The Morgan fingerprint density at radius 2 is 1.20 bits per heavy atom. The zero-order valence-corrected chi connectivity index (χ0v) is 13.4. The van der Waals surface area contributed by atoms with Crippen LogP contribution in [0.1, 0.15) is 31.8 Å². The fourth-order valence-corrected chi connectivity index (χ4v) is 2.43. The summed E-state index contributed by atoms with van der Waals surface area (Å²) in [5, 5.41) is 0. The van der Waals surface area contributed by atoms with Gasteiger partial charge in [0.05, 0.1) is 11.1 Å². The van der Waals surface area contributed by atoms with Crippen LogP contribution in [-0.4, -0.2) is 11.9 Å². The maximum Gasteiger partial charge on any atom is 0.386 e. The summed E-state index contributed by atoms with van der Waals surface area (Å²) in [4.78, 5) is 33.5. The van der Waals surface area contributed by atoms with Gasteiger partial charge in [0, 0.05) is 0 Å². The van der Waals surface area contributed by atoms with Gasteiger partial charge in [-0.1, -0.05) is 66.7 Å². The first-order chi connectivity index (χ1) is 12.2. The van der Waals surface area contributed by atoms with E-state index in [9.17, 15) is 9.59 Å². The monoisotopic (exact) mass is 332 g/mol. The molecule has 0 fully saturated rings. The quantitative estimate of drug-likeness (QED) is 0.530. The van der Waals surface area contributed by atoms with Crippen LogP contribution in [0.15, 0.2) is 84.9 Å². The largest absolute Gasteiger partial charge is 0.386 e. The molecule has 0 amide bonds. The van der Waals surface area contributed by atoms with Gasteiger partial charge in [0.15, 0.2) is 0 Å². The van der Waals surface area contributed by atoms with Gasteiger partial charge in [-0.05, 0) is 35.7 Å². The van der Waals surface area contributed by atoms with Gasteiger partial charge in [0.1, 0.15) is 0 Å². The minimum absolute atomic E-state index is 0.313. The van der Waals surface area contributed by atoms with E-state index < -0.39 is 11.9 Å². The summed E-state index contributed by atoms with van der Waals surface area (Å²) in [6, 6.07) is 25.2. The first kappa shape index (κ1) is 16.5. The second-order valence-electron chi connectivity index (χ2n) is 5.43. The number of carbonyl (C=O) groups is 2. The topological polar surface area (TPSA) is 52.6 Å². The molecule has 4 heteroatoms. The van der Waals surface area contributed by atoms with Gasteiger partial charge in [-0.15, -0.1) is 0 Å². The number of carbonyl (C=O) groups excluding carboxylic acids is 2. The van der Waals surface area contributed by atoms with E-state index in [1.807, 2.05) is 42.5 Å². The normalized spacial score (nSPS) is 10.1. The molecule has 0 aliphatic rings. The van der Waals surface area contributed by atoms with E-state index in [1.54, 1.807) is 42.5 Å². The van der Waals surface area contributed by atoms with E-state index in [0.717, 1.165) is 11.1 Å². The Labute approximate surface area is 145 Å². The van der Waals surface area contributed by atoms with Crippen molar-refractivity contribution < 1.29 is 19.4 Å². The fourth-order valence-electron chi connectivity index (χ4n) is 2.43. The van der Waals surface area contributed by atoms with Gasteiger partial charge in [0.25, 0.3) is 0 Å². The zero-order chi connectivity index (χ0) is 17.5. The van der Waals surface area contributed by atoms with Crippen LogP contribution in [0.2, 0.25) is 0 Å². The number of rotatable bonds is 4. The maximum absolute atomic E-state index is 12.3. The van der Waals surface area contributed by atoms with Crippen LogP contribution >= 0.6 is 0 Å². The van der Waals surface area contributed by atoms with Crippen molar-refractivity contribution in [2.45, 2.75) is 6.42 Å². The van der Waals surface area contributed by atoms with Gasteiger partial charge in [-0.25, -0.2) is 19.4 Å². The third kappa shape index (κ3) is 4.32. The van der Waals surface area contributed by atoms with Crippen LogP contribution in [0.25, 0.3) is 0 Å². The van der Waals surface area contributed by atoms with Crippen molar-refractivity contribution in [2.24, 2.45) is 0 Å². The Bertz CT molecular complexity index is 857. The summed E-state index contributed by atoms with van der Waals surface area (Å²) in [6.07, 6.45) is 0.582. The van der Waals surface area contributed by atoms with E-state index in [4.69, 9.17) is 4.89 Å². The highest BCUT2D eigenvalue weighted by atomic mass is 17.2. The van der Waals surface area contributed by atoms with Crippen molar-refractivity contribution in [1.29, 1.82) is 0 Å². The Hall–Kier alpha value is -3.40. The molecule has 3 rings (SSSR count). The Balaban J connectivity index is 1.69. The molecule has 4 nitrogen and oxygen atoms in total. The minimum atomic E-state index is -0.713. The lowest BCUT2D eigenvalue weighted by atomic mass is 10.00. The summed E-state index contributed by atoms with van der Waals surface area (Å²) in [5.74, 6) is -1.41. The van der Waals surface area contributed by atoms with Crippen LogP contribution in [0.4, 0.5) is 0 Å². The summed E-state index contributed by atoms with van der Waals surface area (Å²) < 4.78 is 0. The smallest absolute Gasteiger partial charge is 0.242 e. The lowest BCUT2D eigenvalue weighted by Gasteiger charge is -2.08. The van der Waals surface area contributed by atoms with E-state index >= 15 is 0 Å².